The van der Waals surface area contributed by atoms with Crippen molar-refractivity contribution < 1.29 is 9.90 Å². The van der Waals surface area contributed by atoms with Crippen molar-refractivity contribution >= 4 is 18.3 Å². The van der Waals surface area contributed by atoms with Gasteiger partial charge in [-0.25, -0.2) is 0 Å². The Kier molecular flexibility index (Phi) is 8.08. The molecule has 0 saturated carbocycles. The van der Waals surface area contributed by atoms with Gasteiger partial charge in [-0.15, -0.1) is 12.4 Å². The van der Waals surface area contributed by atoms with Gasteiger partial charge in [0.1, 0.15) is 0 Å². The van der Waals surface area contributed by atoms with E-state index in [-0.39, 0.29) is 30.5 Å². The molecule has 0 bridgehead atoms. The molecule has 5 heteroatoms. The Bertz CT molecular complexity index is 943. The number of aliphatic hydroxyl groups is 1. The summed E-state index contributed by atoms with van der Waals surface area (Å²) in [5.41, 5.74) is 2.17. The van der Waals surface area contributed by atoms with Gasteiger partial charge in [-0.3, -0.25) is 9.69 Å². The number of amides is 1. The van der Waals surface area contributed by atoms with Crippen LogP contribution in [0.3, 0.4) is 0 Å². The molecule has 1 aliphatic heterocycles. The van der Waals surface area contributed by atoms with Gasteiger partial charge in [-0.1, -0.05) is 91.0 Å². The minimum absolute atomic E-state index is 0. The molecule has 4 rings (SSSR count). The average molecular weight is 451 g/mol. The Labute approximate surface area is 196 Å². The molecular formula is C27H31ClN2O2. The first-order valence-electron chi connectivity index (χ1n) is 10.9. The average Bonchev–Trinajstić information content (AvgIpc) is 3.24. The van der Waals surface area contributed by atoms with Crippen LogP contribution in [-0.4, -0.2) is 41.7 Å². The van der Waals surface area contributed by atoms with E-state index in [0.29, 0.717) is 13.1 Å². The number of hydrogen-bond acceptors (Lipinski definition) is 3. The molecule has 1 heterocycles. The third-order valence-corrected chi connectivity index (χ3v) is 6.35. The zero-order valence-electron chi connectivity index (χ0n) is 18.4. The van der Waals surface area contributed by atoms with Gasteiger partial charge in [0, 0.05) is 19.6 Å². The van der Waals surface area contributed by atoms with E-state index in [2.05, 4.69) is 22.3 Å². The van der Waals surface area contributed by atoms with E-state index in [4.69, 9.17) is 0 Å². The lowest BCUT2D eigenvalue weighted by molar-refractivity contribution is -0.125. The summed E-state index contributed by atoms with van der Waals surface area (Å²) < 4.78 is 0. The number of benzene rings is 3. The smallest absolute Gasteiger partial charge is 0.235 e. The highest BCUT2D eigenvalue weighted by Crippen LogP contribution is 2.33. The van der Waals surface area contributed by atoms with Gasteiger partial charge in [0.15, 0.2) is 0 Å². The normalized spacial score (nSPS) is 17.4. The van der Waals surface area contributed by atoms with Crippen LogP contribution in [0.2, 0.25) is 0 Å². The summed E-state index contributed by atoms with van der Waals surface area (Å²) in [6, 6.07) is 29.8. The molecule has 1 aliphatic rings. The summed E-state index contributed by atoms with van der Waals surface area (Å²) in [5.74, 6) is -0.0292. The molecule has 3 aromatic rings. The Morgan fingerprint density at radius 2 is 1.47 bits per heavy atom. The summed E-state index contributed by atoms with van der Waals surface area (Å²) in [5, 5.41) is 13.3. The molecule has 0 radical (unpaired) electrons. The molecule has 1 saturated heterocycles. The Morgan fingerprint density at radius 1 is 0.969 bits per heavy atom. The topological polar surface area (TPSA) is 52.6 Å². The number of hydrogen-bond donors (Lipinski definition) is 2. The second-order valence-corrected chi connectivity index (χ2v) is 8.50. The molecule has 1 amide bonds. The van der Waals surface area contributed by atoms with Crippen molar-refractivity contribution in [3.8, 4) is 0 Å². The van der Waals surface area contributed by atoms with E-state index < -0.39 is 5.41 Å². The Morgan fingerprint density at radius 3 is 1.94 bits per heavy atom. The number of nitrogens with zero attached hydrogens (tertiary/aromatic N) is 1. The maximum absolute atomic E-state index is 13.9. The number of halogens is 1. The largest absolute Gasteiger partial charge is 0.392 e. The van der Waals surface area contributed by atoms with E-state index in [1.54, 1.807) is 0 Å². The summed E-state index contributed by atoms with van der Waals surface area (Å²) >= 11 is 0. The fourth-order valence-electron chi connectivity index (χ4n) is 4.43. The number of nitrogens with one attached hydrogen (secondary N) is 1. The van der Waals surface area contributed by atoms with Crippen molar-refractivity contribution in [2.45, 2.75) is 30.9 Å². The standard InChI is InChI=1S/C27H30N2O2.ClH/c1-27(22-13-7-3-8-14-22,23-15-9-4-10-16-23)26(31)28-25(21-11-5-2-6-12-21)20-29-18-17-24(30)19-29;/h2-16,24-25,30H,17-20H2,1H3,(H,28,31);1H/t24?,25-;/m1./s1. The highest BCUT2D eigenvalue weighted by atomic mass is 35.5. The highest BCUT2D eigenvalue weighted by Gasteiger charge is 2.38. The number of β-amino-alcohol motifs (C(OH)–C–C–N with tert-alkyl or cyclic N) is 1. The molecule has 1 fully saturated rings. The molecule has 2 atom stereocenters. The van der Waals surface area contributed by atoms with Gasteiger partial charge in [0.25, 0.3) is 0 Å². The molecule has 0 aromatic heterocycles. The van der Waals surface area contributed by atoms with E-state index in [1.807, 2.05) is 85.8 Å². The van der Waals surface area contributed by atoms with Crippen LogP contribution in [-0.2, 0) is 10.2 Å². The zero-order valence-corrected chi connectivity index (χ0v) is 19.2. The minimum Gasteiger partial charge on any atom is -0.392 e. The lowest BCUT2D eigenvalue weighted by atomic mass is 9.75. The second kappa shape index (κ2) is 10.8. The molecule has 0 spiro atoms. The van der Waals surface area contributed by atoms with Crippen LogP contribution >= 0.6 is 12.4 Å². The van der Waals surface area contributed by atoms with Crippen molar-refractivity contribution in [3.63, 3.8) is 0 Å². The molecule has 4 nitrogen and oxygen atoms in total. The van der Waals surface area contributed by atoms with E-state index >= 15 is 0 Å². The molecule has 0 aliphatic carbocycles. The van der Waals surface area contributed by atoms with Crippen molar-refractivity contribution in [2.24, 2.45) is 0 Å². The Balaban J connectivity index is 0.00000289. The van der Waals surface area contributed by atoms with Gasteiger partial charge < -0.3 is 10.4 Å². The first-order chi connectivity index (χ1) is 15.1. The van der Waals surface area contributed by atoms with E-state index in [0.717, 1.165) is 29.7 Å². The summed E-state index contributed by atoms with van der Waals surface area (Å²) in [7, 11) is 0. The fourth-order valence-corrected chi connectivity index (χ4v) is 4.43. The van der Waals surface area contributed by atoms with Gasteiger partial charge in [0.05, 0.1) is 17.6 Å². The van der Waals surface area contributed by atoms with Crippen molar-refractivity contribution in [1.82, 2.24) is 10.2 Å². The predicted molar refractivity (Wildman–Crippen MR) is 131 cm³/mol. The number of likely N-dealkylation sites (tertiary alicyclic amines) is 1. The number of aliphatic hydroxyl groups excluding tert-OH is 1. The molecule has 3 aromatic carbocycles. The number of carbonyl (C=O) groups is 1. The number of rotatable bonds is 7. The maximum Gasteiger partial charge on any atom is 0.235 e. The van der Waals surface area contributed by atoms with Crippen LogP contribution in [0.15, 0.2) is 91.0 Å². The molecule has 168 valence electrons. The van der Waals surface area contributed by atoms with Crippen LogP contribution in [0.1, 0.15) is 36.1 Å². The molecule has 2 N–H and O–H groups in total. The zero-order chi connectivity index (χ0) is 21.7. The first-order valence-corrected chi connectivity index (χ1v) is 10.9. The fraction of sp³-hybridized carbons (Fsp3) is 0.296. The van der Waals surface area contributed by atoms with Gasteiger partial charge in [-0.05, 0) is 30.0 Å². The van der Waals surface area contributed by atoms with Crippen LogP contribution in [0.4, 0.5) is 0 Å². The lowest BCUT2D eigenvalue weighted by Gasteiger charge is -2.33. The molecule has 1 unspecified atom stereocenters. The van der Waals surface area contributed by atoms with Crippen molar-refractivity contribution in [2.75, 3.05) is 19.6 Å². The molecular weight excluding hydrogens is 420 g/mol. The second-order valence-electron chi connectivity index (χ2n) is 8.50. The lowest BCUT2D eigenvalue weighted by Crippen LogP contribution is -2.47. The highest BCUT2D eigenvalue weighted by molar-refractivity contribution is 5.92. The maximum atomic E-state index is 13.9. The molecule has 32 heavy (non-hydrogen) atoms. The summed E-state index contributed by atoms with van der Waals surface area (Å²) in [6.45, 7) is 4.16. The van der Waals surface area contributed by atoms with Gasteiger partial charge >= 0.3 is 0 Å². The monoisotopic (exact) mass is 450 g/mol. The van der Waals surface area contributed by atoms with Crippen LogP contribution in [0.5, 0.6) is 0 Å². The quantitative estimate of drug-likeness (QED) is 0.563. The number of carbonyl (C=O) groups excluding carboxylic acids is 1. The van der Waals surface area contributed by atoms with Crippen LogP contribution < -0.4 is 5.32 Å². The Hall–Kier alpha value is -2.66. The predicted octanol–water partition coefficient (Wildman–Crippen LogP) is 4.34. The minimum atomic E-state index is -0.819. The SMILES string of the molecule is CC(C(=O)N[C@H](CN1CCC(O)C1)c1ccccc1)(c1ccccc1)c1ccccc1.Cl. The van der Waals surface area contributed by atoms with Crippen LogP contribution in [0.25, 0.3) is 0 Å². The van der Waals surface area contributed by atoms with Gasteiger partial charge in [-0.2, -0.15) is 0 Å². The van der Waals surface area contributed by atoms with Gasteiger partial charge in [0.2, 0.25) is 5.91 Å². The third kappa shape index (κ3) is 5.21. The van der Waals surface area contributed by atoms with E-state index in [1.165, 1.54) is 0 Å². The van der Waals surface area contributed by atoms with E-state index in [9.17, 15) is 9.90 Å². The van der Waals surface area contributed by atoms with Crippen molar-refractivity contribution in [3.05, 3.63) is 108 Å². The first kappa shape index (κ1) is 24.0. The van der Waals surface area contributed by atoms with Crippen molar-refractivity contribution in [1.29, 1.82) is 0 Å². The summed E-state index contributed by atoms with van der Waals surface area (Å²) in [6.07, 6.45) is 0.493. The van der Waals surface area contributed by atoms with Crippen LogP contribution in [0, 0.1) is 0 Å². The third-order valence-electron chi connectivity index (χ3n) is 6.35. The summed E-state index contributed by atoms with van der Waals surface area (Å²) in [4.78, 5) is 16.1.